The molecule has 3 N–H and O–H groups in total. The van der Waals surface area contributed by atoms with Gasteiger partial charge in [0.25, 0.3) is 5.91 Å². The van der Waals surface area contributed by atoms with E-state index in [0.29, 0.717) is 45.7 Å². The molecule has 1 heterocycles. The highest BCUT2D eigenvalue weighted by molar-refractivity contribution is 6.31. The van der Waals surface area contributed by atoms with E-state index in [-0.39, 0.29) is 31.1 Å². The van der Waals surface area contributed by atoms with Crippen LogP contribution < -0.4 is 35.0 Å². The Labute approximate surface area is 271 Å². The van der Waals surface area contributed by atoms with Crippen LogP contribution in [-0.2, 0) is 20.9 Å². The van der Waals surface area contributed by atoms with Gasteiger partial charge in [0.2, 0.25) is 0 Å². The van der Waals surface area contributed by atoms with Gasteiger partial charge in [-0.25, -0.2) is 15.0 Å². The number of carbonyl (C=O) groups excluding carboxylic acids is 3. The third-order valence-electron chi connectivity index (χ3n) is 6.66. The maximum absolute atomic E-state index is 12.6. The van der Waals surface area contributed by atoms with E-state index >= 15 is 0 Å². The Bertz CT molecular complexity index is 1640. The van der Waals surface area contributed by atoms with Crippen LogP contribution in [0.25, 0.3) is 0 Å². The van der Waals surface area contributed by atoms with E-state index in [1.807, 2.05) is 25.1 Å². The molecule has 4 rings (SSSR count). The van der Waals surface area contributed by atoms with Gasteiger partial charge in [-0.15, -0.1) is 0 Å². The minimum Gasteiger partial charge on any atom is -0.493 e. The number of methoxy groups -OCH3 is 1. The summed E-state index contributed by atoms with van der Waals surface area (Å²) < 4.78 is 28.0. The first-order chi connectivity index (χ1) is 22.2. The lowest BCUT2D eigenvalue weighted by atomic mass is 9.95. The molecule has 1 atom stereocenters. The number of amides is 3. The number of hydrazone groups is 1. The summed E-state index contributed by atoms with van der Waals surface area (Å²) in [5, 5.41) is 9.96. The molecule has 0 aliphatic carbocycles. The molecule has 0 aromatic heterocycles. The van der Waals surface area contributed by atoms with Gasteiger partial charge in [0.15, 0.2) is 29.6 Å². The number of benzene rings is 3. The number of carbonyl (C=O) groups is 3. The van der Waals surface area contributed by atoms with Crippen LogP contribution in [0.3, 0.4) is 0 Å². The summed E-state index contributed by atoms with van der Waals surface area (Å²) in [4.78, 5) is 37.3. The highest BCUT2D eigenvalue weighted by atomic mass is 35.5. The smallest absolute Gasteiger partial charge is 0.338 e. The average molecular weight is 651 g/mol. The standard InChI is InChI=1S/C33H35ClN4O8/c1-5-43-28-15-21(11-13-26(28)45-18-23-9-7-8-10-24(23)34)17-35-38-29(39)19-46-25-14-12-22(16-27(25)42-4)31-30(32(40)44-6-2)20(3)36-33(41)37-31/h7-17,31H,5-6,18-19H2,1-4H3,(H,38,39)(H2,36,37,41)/b35-17-/t31-/m0/s1. The number of allylic oxidation sites excluding steroid dienone is 1. The SMILES string of the molecule is CCOC(=O)C1=C(C)NC(=O)N[C@H]1c1ccc(OCC(=O)N/N=C\c2ccc(OCc3ccccc3Cl)c(OCC)c2)c(OC)c1. The molecule has 1 aliphatic heterocycles. The molecule has 46 heavy (non-hydrogen) atoms. The predicted octanol–water partition coefficient (Wildman–Crippen LogP) is 5.05. The van der Waals surface area contributed by atoms with E-state index in [1.54, 1.807) is 56.3 Å². The first-order valence-electron chi connectivity index (χ1n) is 14.4. The van der Waals surface area contributed by atoms with Crippen molar-refractivity contribution in [3.05, 3.63) is 93.6 Å². The van der Waals surface area contributed by atoms with Crippen LogP contribution in [0.1, 0.15) is 43.5 Å². The van der Waals surface area contributed by atoms with Crippen molar-refractivity contribution in [1.82, 2.24) is 16.1 Å². The van der Waals surface area contributed by atoms with E-state index in [1.165, 1.54) is 13.3 Å². The largest absolute Gasteiger partial charge is 0.493 e. The summed E-state index contributed by atoms with van der Waals surface area (Å²) in [6, 6.07) is 16.3. The summed E-state index contributed by atoms with van der Waals surface area (Å²) in [5.74, 6) is 0.567. The van der Waals surface area contributed by atoms with Crippen molar-refractivity contribution in [2.75, 3.05) is 26.9 Å². The first kappa shape index (κ1) is 33.7. The second-order valence-electron chi connectivity index (χ2n) is 9.80. The zero-order valence-electron chi connectivity index (χ0n) is 25.8. The number of rotatable bonds is 14. The monoisotopic (exact) mass is 650 g/mol. The lowest BCUT2D eigenvalue weighted by molar-refractivity contribution is -0.139. The summed E-state index contributed by atoms with van der Waals surface area (Å²) in [6.07, 6.45) is 1.47. The van der Waals surface area contributed by atoms with Gasteiger partial charge in [-0.05, 0) is 68.3 Å². The van der Waals surface area contributed by atoms with Gasteiger partial charge in [0.05, 0.1) is 38.2 Å². The van der Waals surface area contributed by atoms with Crippen LogP contribution in [0.15, 0.2) is 77.0 Å². The molecule has 0 fully saturated rings. The quantitative estimate of drug-likeness (QED) is 0.125. The lowest BCUT2D eigenvalue weighted by Gasteiger charge is -2.28. The van der Waals surface area contributed by atoms with Crippen LogP contribution in [0, 0.1) is 0 Å². The third-order valence-corrected chi connectivity index (χ3v) is 7.02. The minimum atomic E-state index is -0.778. The van der Waals surface area contributed by atoms with Gasteiger partial charge in [-0.1, -0.05) is 35.9 Å². The lowest BCUT2D eigenvalue weighted by Crippen LogP contribution is -2.45. The molecule has 0 radical (unpaired) electrons. The molecule has 12 nitrogen and oxygen atoms in total. The number of urea groups is 1. The molecule has 0 bridgehead atoms. The van der Waals surface area contributed by atoms with Gasteiger partial charge in [-0.3, -0.25) is 4.79 Å². The van der Waals surface area contributed by atoms with E-state index in [0.717, 1.165) is 5.56 Å². The van der Waals surface area contributed by atoms with E-state index in [9.17, 15) is 14.4 Å². The maximum Gasteiger partial charge on any atom is 0.338 e. The van der Waals surface area contributed by atoms with Gasteiger partial charge < -0.3 is 34.3 Å². The molecule has 1 aliphatic rings. The summed E-state index contributed by atoms with van der Waals surface area (Å²) in [6.45, 7) is 5.71. The fourth-order valence-corrected chi connectivity index (χ4v) is 4.71. The normalized spacial score (nSPS) is 14.3. The number of nitrogens with one attached hydrogen (secondary N) is 3. The van der Waals surface area contributed by atoms with Crippen LogP contribution in [0.4, 0.5) is 4.79 Å². The van der Waals surface area contributed by atoms with Crippen LogP contribution in [0.2, 0.25) is 5.02 Å². The Morgan fingerprint density at radius 3 is 2.46 bits per heavy atom. The highest BCUT2D eigenvalue weighted by Gasteiger charge is 2.32. The Hall–Kier alpha value is -5.23. The van der Waals surface area contributed by atoms with Crippen molar-refractivity contribution in [1.29, 1.82) is 0 Å². The van der Waals surface area contributed by atoms with E-state index in [4.69, 9.17) is 35.3 Å². The molecular weight excluding hydrogens is 616 g/mol. The second kappa shape index (κ2) is 16.2. The Kier molecular flexibility index (Phi) is 11.8. The number of esters is 1. The molecule has 13 heteroatoms. The average Bonchev–Trinajstić information content (AvgIpc) is 3.04. The molecule has 0 saturated heterocycles. The number of ether oxygens (including phenoxy) is 5. The zero-order valence-corrected chi connectivity index (χ0v) is 26.6. The van der Waals surface area contributed by atoms with Gasteiger partial charge >= 0.3 is 12.0 Å². The first-order valence-corrected chi connectivity index (χ1v) is 14.8. The van der Waals surface area contributed by atoms with Crippen molar-refractivity contribution in [2.24, 2.45) is 5.10 Å². The molecule has 242 valence electrons. The Balaban J connectivity index is 1.36. The van der Waals surface area contributed by atoms with Gasteiger partial charge in [-0.2, -0.15) is 5.10 Å². The maximum atomic E-state index is 12.6. The second-order valence-corrected chi connectivity index (χ2v) is 10.2. The van der Waals surface area contributed by atoms with Gasteiger partial charge in [0, 0.05) is 16.3 Å². The van der Waals surface area contributed by atoms with Crippen molar-refractivity contribution in [3.63, 3.8) is 0 Å². The predicted molar refractivity (Wildman–Crippen MR) is 171 cm³/mol. The summed E-state index contributed by atoms with van der Waals surface area (Å²) in [5.41, 5.74) is 5.15. The highest BCUT2D eigenvalue weighted by Crippen LogP contribution is 2.35. The zero-order chi connectivity index (χ0) is 33.1. The number of hydrogen-bond acceptors (Lipinski definition) is 9. The molecule has 0 unspecified atom stereocenters. The van der Waals surface area contributed by atoms with Crippen LogP contribution >= 0.6 is 11.6 Å². The number of halogens is 1. The van der Waals surface area contributed by atoms with Crippen LogP contribution in [-0.4, -0.2) is 51.1 Å². The number of hydrogen-bond donors (Lipinski definition) is 3. The molecule has 3 aromatic carbocycles. The molecule has 3 amide bonds. The summed E-state index contributed by atoms with van der Waals surface area (Å²) in [7, 11) is 1.44. The fourth-order valence-electron chi connectivity index (χ4n) is 4.52. The molecule has 3 aromatic rings. The third kappa shape index (κ3) is 8.69. The van der Waals surface area contributed by atoms with E-state index in [2.05, 4.69) is 21.2 Å². The molecule has 0 spiro atoms. The molecular formula is C33H35ClN4O8. The minimum absolute atomic E-state index is 0.180. The Morgan fingerprint density at radius 2 is 1.72 bits per heavy atom. The van der Waals surface area contributed by atoms with Crippen molar-refractivity contribution < 1.29 is 38.1 Å². The molecule has 0 saturated carbocycles. The van der Waals surface area contributed by atoms with Crippen molar-refractivity contribution in [2.45, 2.75) is 33.4 Å². The summed E-state index contributed by atoms with van der Waals surface area (Å²) >= 11 is 6.23. The van der Waals surface area contributed by atoms with Crippen LogP contribution in [0.5, 0.6) is 23.0 Å². The van der Waals surface area contributed by atoms with Crippen molar-refractivity contribution in [3.8, 4) is 23.0 Å². The number of nitrogens with zero attached hydrogens (tertiary/aromatic N) is 1. The van der Waals surface area contributed by atoms with Gasteiger partial charge in [0.1, 0.15) is 6.61 Å². The van der Waals surface area contributed by atoms with E-state index < -0.39 is 23.9 Å². The van der Waals surface area contributed by atoms with Crippen molar-refractivity contribution >= 4 is 35.7 Å². The fraction of sp³-hybridized carbons (Fsp3) is 0.273. The Morgan fingerprint density at radius 1 is 0.957 bits per heavy atom. The topological polar surface area (TPSA) is 146 Å².